The lowest BCUT2D eigenvalue weighted by Gasteiger charge is -2.13. The van der Waals surface area contributed by atoms with Crippen LogP contribution in [0.25, 0.3) is 0 Å². The van der Waals surface area contributed by atoms with Crippen LogP contribution in [0.2, 0.25) is 0 Å². The molecule has 3 aromatic rings. The SMILES string of the molecule is CCc1cccc(C)c1Nc1ccc(C(=O)NCc2ccc3c(c2)OCO3)cn1. The van der Waals surface area contributed by atoms with Crippen molar-refractivity contribution in [2.24, 2.45) is 0 Å². The summed E-state index contributed by atoms with van der Waals surface area (Å²) in [7, 11) is 0. The molecule has 1 amide bonds. The Kier molecular flexibility index (Phi) is 5.33. The van der Waals surface area contributed by atoms with Crippen LogP contribution in [-0.2, 0) is 13.0 Å². The maximum atomic E-state index is 12.4. The molecule has 2 heterocycles. The minimum atomic E-state index is -0.174. The maximum Gasteiger partial charge on any atom is 0.253 e. The van der Waals surface area contributed by atoms with Crippen molar-refractivity contribution in [3.05, 3.63) is 77.0 Å². The van der Waals surface area contributed by atoms with Crippen molar-refractivity contribution in [2.75, 3.05) is 12.1 Å². The summed E-state index contributed by atoms with van der Waals surface area (Å²) in [5.74, 6) is 1.97. The zero-order valence-electron chi connectivity index (χ0n) is 16.5. The highest BCUT2D eigenvalue weighted by Gasteiger charge is 2.14. The quantitative estimate of drug-likeness (QED) is 0.656. The van der Waals surface area contributed by atoms with Crippen LogP contribution in [-0.4, -0.2) is 17.7 Å². The first-order valence-electron chi connectivity index (χ1n) is 9.62. The van der Waals surface area contributed by atoms with E-state index >= 15 is 0 Å². The highest BCUT2D eigenvalue weighted by molar-refractivity contribution is 5.94. The van der Waals surface area contributed by atoms with Crippen LogP contribution in [0.15, 0.2) is 54.7 Å². The van der Waals surface area contributed by atoms with Crippen molar-refractivity contribution in [1.29, 1.82) is 0 Å². The fourth-order valence-electron chi connectivity index (χ4n) is 3.27. The van der Waals surface area contributed by atoms with Gasteiger partial charge in [-0.05, 0) is 54.3 Å². The predicted octanol–water partition coefficient (Wildman–Crippen LogP) is 4.35. The number of nitrogens with one attached hydrogen (secondary N) is 2. The zero-order chi connectivity index (χ0) is 20.2. The lowest BCUT2D eigenvalue weighted by Crippen LogP contribution is -2.22. The largest absolute Gasteiger partial charge is 0.454 e. The minimum Gasteiger partial charge on any atom is -0.454 e. The Balaban J connectivity index is 1.39. The molecule has 4 rings (SSSR count). The molecule has 1 aromatic heterocycles. The first kappa shape index (κ1) is 18.8. The molecule has 2 N–H and O–H groups in total. The molecular weight excluding hydrogens is 366 g/mol. The summed E-state index contributed by atoms with van der Waals surface area (Å²) < 4.78 is 10.7. The Hall–Kier alpha value is -3.54. The highest BCUT2D eigenvalue weighted by Crippen LogP contribution is 2.32. The summed E-state index contributed by atoms with van der Waals surface area (Å²) in [5, 5.41) is 6.28. The lowest BCUT2D eigenvalue weighted by atomic mass is 10.1. The fraction of sp³-hybridized carbons (Fsp3) is 0.217. The van der Waals surface area contributed by atoms with E-state index in [1.54, 1.807) is 12.3 Å². The van der Waals surface area contributed by atoms with Crippen molar-refractivity contribution in [3.8, 4) is 11.5 Å². The van der Waals surface area contributed by atoms with Crippen molar-refractivity contribution >= 4 is 17.4 Å². The summed E-state index contributed by atoms with van der Waals surface area (Å²) in [5.41, 5.74) is 4.92. The van der Waals surface area contributed by atoms with Gasteiger partial charge < -0.3 is 20.1 Å². The molecule has 6 heteroatoms. The Morgan fingerprint density at radius 3 is 2.76 bits per heavy atom. The first-order chi connectivity index (χ1) is 14.1. The number of aromatic nitrogens is 1. The number of ether oxygens (including phenoxy) is 2. The number of para-hydroxylation sites is 1. The normalized spacial score (nSPS) is 11.9. The van der Waals surface area contributed by atoms with Crippen LogP contribution in [0.5, 0.6) is 11.5 Å². The van der Waals surface area contributed by atoms with Gasteiger partial charge in [-0.1, -0.05) is 31.2 Å². The molecule has 0 atom stereocenters. The molecule has 0 fully saturated rings. The number of benzene rings is 2. The molecule has 2 aromatic carbocycles. The molecule has 1 aliphatic heterocycles. The van der Waals surface area contributed by atoms with Crippen LogP contribution in [0.4, 0.5) is 11.5 Å². The Labute approximate surface area is 169 Å². The second kappa shape index (κ2) is 8.22. The van der Waals surface area contributed by atoms with Crippen molar-refractivity contribution in [3.63, 3.8) is 0 Å². The third-order valence-corrected chi connectivity index (χ3v) is 4.91. The number of rotatable bonds is 6. The molecule has 148 valence electrons. The van der Waals surface area contributed by atoms with Crippen molar-refractivity contribution in [1.82, 2.24) is 10.3 Å². The van der Waals surface area contributed by atoms with Crippen LogP contribution in [0.1, 0.15) is 34.0 Å². The van der Waals surface area contributed by atoms with Gasteiger partial charge in [0.1, 0.15) is 5.82 Å². The molecule has 0 saturated carbocycles. The molecule has 0 radical (unpaired) electrons. The first-order valence-corrected chi connectivity index (χ1v) is 9.62. The van der Waals surface area contributed by atoms with Gasteiger partial charge in [-0.2, -0.15) is 0 Å². The second-order valence-electron chi connectivity index (χ2n) is 6.89. The molecule has 29 heavy (non-hydrogen) atoms. The van der Waals surface area contributed by atoms with Gasteiger partial charge in [0.25, 0.3) is 5.91 Å². The number of carbonyl (C=O) groups is 1. The number of fused-ring (bicyclic) bond motifs is 1. The molecule has 0 aliphatic carbocycles. The maximum absolute atomic E-state index is 12.4. The monoisotopic (exact) mass is 389 g/mol. The number of carbonyl (C=O) groups excluding carboxylic acids is 1. The van der Waals surface area contributed by atoms with Crippen molar-refractivity contribution < 1.29 is 14.3 Å². The number of nitrogens with zero attached hydrogens (tertiary/aromatic N) is 1. The summed E-state index contributed by atoms with van der Waals surface area (Å²) in [6.07, 6.45) is 2.52. The van der Waals surface area contributed by atoms with Gasteiger partial charge in [-0.15, -0.1) is 0 Å². The molecule has 0 spiro atoms. The summed E-state index contributed by atoms with van der Waals surface area (Å²) in [4.78, 5) is 16.9. The van der Waals surface area contributed by atoms with E-state index < -0.39 is 0 Å². The van der Waals surface area contributed by atoms with E-state index in [4.69, 9.17) is 9.47 Å². The average molecular weight is 389 g/mol. The lowest BCUT2D eigenvalue weighted by molar-refractivity contribution is 0.0950. The fourth-order valence-corrected chi connectivity index (χ4v) is 3.27. The van der Waals surface area contributed by atoms with E-state index in [-0.39, 0.29) is 12.7 Å². The number of amides is 1. The predicted molar refractivity (Wildman–Crippen MR) is 112 cm³/mol. The van der Waals surface area contributed by atoms with Crippen LogP contribution in [0.3, 0.4) is 0 Å². The van der Waals surface area contributed by atoms with Gasteiger partial charge >= 0.3 is 0 Å². The summed E-state index contributed by atoms with van der Waals surface area (Å²) in [6.45, 7) is 4.83. The van der Waals surface area contributed by atoms with Gasteiger partial charge in [0, 0.05) is 18.4 Å². The third kappa shape index (κ3) is 4.16. The Bertz CT molecular complexity index is 1030. The van der Waals surface area contributed by atoms with E-state index in [1.807, 2.05) is 24.3 Å². The van der Waals surface area contributed by atoms with Gasteiger partial charge in [-0.3, -0.25) is 4.79 Å². The molecule has 1 aliphatic rings. The van der Waals surface area contributed by atoms with Gasteiger partial charge in [0.15, 0.2) is 11.5 Å². The van der Waals surface area contributed by atoms with Crippen LogP contribution >= 0.6 is 0 Å². The summed E-state index contributed by atoms with van der Waals surface area (Å²) >= 11 is 0. The molecule has 0 bridgehead atoms. The minimum absolute atomic E-state index is 0.174. The number of anilines is 2. The highest BCUT2D eigenvalue weighted by atomic mass is 16.7. The zero-order valence-corrected chi connectivity index (χ0v) is 16.5. The molecule has 0 saturated heterocycles. The number of pyridine rings is 1. The number of aryl methyl sites for hydroxylation is 2. The standard InChI is InChI=1S/C23H23N3O3/c1-3-17-6-4-5-15(2)22(17)26-21-10-8-18(13-24-21)23(27)25-12-16-7-9-19-20(11-16)29-14-28-19/h4-11,13H,3,12,14H2,1-2H3,(H,24,26)(H,25,27). The van der Waals surface area contributed by atoms with E-state index in [0.717, 1.165) is 29.0 Å². The van der Waals surface area contributed by atoms with Crippen LogP contribution < -0.4 is 20.1 Å². The van der Waals surface area contributed by atoms with E-state index in [2.05, 4.69) is 47.7 Å². The van der Waals surface area contributed by atoms with Gasteiger partial charge in [0.05, 0.1) is 5.56 Å². The second-order valence-corrected chi connectivity index (χ2v) is 6.89. The number of hydrogen-bond acceptors (Lipinski definition) is 5. The Morgan fingerprint density at radius 1 is 1.10 bits per heavy atom. The molecule has 6 nitrogen and oxygen atoms in total. The van der Waals surface area contributed by atoms with Crippen molar-refractivity contribution in [2.45, 2.75) is 26.8 Å². The average Bonchev–Trinajstić information content (AvgIpc) is 3.22. The number of hydrogen-bond donors (Lipinski definition) is 2. The summed E-state index contributed by atoms with van der Waals surface area (Å²) in [6, 6.07) is 15.5. The molecule has 0 unspecified atom stereocenters. The van der Waals surface area contributed by atoms with Gasteiger partial charge in [-0.25, -0.2) is 4.98 Å². The Morgan fingerprint density at radius 2 is 1.97 bits per heavy atom. The topological polar surface area (TPSA) is 72.5 Å². The molecular formula is C23H23N3O3. The van der Waals surface area contributed by atoms with E-state index in [1.165, 1.54) is 5.56 Å². The smallest absolute Gasteiger partial charge is 0.253 e. The van der Waals surface area contributed by atoms with E-state index in [0.29, 0.717) is 23.7 Å². The third-order valence-electron chi connectivity index (χ3n) is 4.91. The van der Waals surface area contributed by atoms with Gasteiger partial charge in [0.2, 0.25) is 6.79 Å². The van der Waals surface area contributed by atoms with E-state index in [9.17, 15) is 4.79 Å². The van der Waals surface area contributed by atoms with Crippen LogP contribution in [0, 0.1) is 6.92 Å².